The molecule has 6 nitrogen and oxygen atoms in total. The van der Waals surface area contributed by atoms with Crippen molar-refractivity contribution in [3.05, 3.63) is 34.7 Å². The van der Waals surface area contributed by atoms with Crippen LogP contribution in [-0.4, -0.2) is 47.6 Å². The van der Waals surface area contributed by atoms with Crippen molar-refractivity contribution in [3.63, 3.8) is 0 Å². The van der Waals surface area contributed by atoms with Crippen LogP contribution in [0.15, 0.2) is 29.0 Å². The molecule has 1 aliphatic rings. The first-order valence-corrected chi connectivity index (χ1v) is 9.37. The molecule has 134 valence electrons. The molecule has 0 saturated carbocycles. The van der Waals surface area contributed by atoms with Crippen LogP contribution in [0.25, 0.3) is 0 Å². The van der Waals surface area contributed by atoms with Gasteiger partial charge in [0.05, 0.1) is 22.8 Å². The number of nitrogen functional groups attached to an aromatic ring is 1. The van der Waals surface area contributed by atoms with Gasteiger partial charge in [-0.2, -0.15) is 0 Å². The van der Waals surface area contributed by atoms with Gasteiger partial charge in [-0.25, -0.2) is 9.97 Å². The molecule has 1 fully saturated rings. The van der Waals surface area contributed by atoms with Gasteiger partial charge in [0.1, 0.15) is 6.33 Å². The number of halogens is 1. The van der Waals surface area contributed by atoms with Crippen molar-refractivity contribution in [3.8, 4) is 0 Å². The zero-order chi connectivity index (χ0) is 18.0. The summed E-state index contributed by atoms with van der Waals surface area (Å²) in [5.41, 5.74) is 9.67. The van der Waals surface area contributed by atoms with Crippen LogP contribution >= 0.6 is 15.9 Å². The fraction of sp³-hybridized carbons (Fsp3) is 0.444. The third kappa shape index (κ3) is 3.88. The average molecular weight is 405 g/mol. The number of piperazine rings is 1. The number of hydrogen-bond donors (Lipinski definition) is 2. The van der Waals surface area contributed by atoms with Crippen LogP contribution in [0, 0.1) is 6.92 Å². The fourth-order valence-corrected chi connectivity index (χ4v) is 3.56. The van der Waals surface area contributed by atoms with Gasteiger partial charge in [0.15, 0.2) is 5.82 Å². The average Bonchev–Trinajstić information content (AvgIpc) is 2.60. The van der Waals surface area contributed by atoms with Crippen LogP contribution in [0.2, 0.25) is 0 Å². The van der Waals surface area contributed by atoms with Gasteiger partial charge in [0, 0.05) is 30.1 Å². The number of nitrogens with two attached hydrogens (primary N) is 1. The van der Waals surface area contributed by atoms with Gasteiger partial charge in [-0.3, -0.25) is 4.90 Å². The number of rotatable bonds is 4. The maximum absolute atomic E-state index is 6.14. The molecule has 1 aromatic heterocycles. The second-order valence-electron chi connectivity index (χ2n) is 6.50. The maximum Gasteiger partial charge on any atom is 0.157 e. The van der Waals surface area contributed by atoms with Gasteiger partial charge in [-0.15, -0.1) is 0 Å². The molecular formula is C18H25BrN6. The fourth-order valence-electron chi connectivity index (χ4n) is 3.20. The summed E-state index contributed by atoms with van der Waals surface area (Å²) in [6, 6.07) is 6.87. The molecule has 0 aliphatic carbocycles. The molecule has 1 unspecified atom stereocenters. The van der Waals surface area contributed by atoms with Gasteiger partial charge in [-0.1, -0.05) is 22.9 Å². The standard InChI is InChI=1S/C18H25BrN6/c1-4-14-10-25(8-7-24(14)3)16-6-5-13(19)9-15(16)23-18-17(20)12(2)21-11-22-18/h5-6,9,11,14H,4,7-8,10,20H2,1-3H3,(H,21,22,23). The molecule has 7 heteroatoms. The van der Waals surface area contributed by atoms with Gasteiger partial charge in [-0.05, 0) is 38.6 Å². The van der Waals surface area contributed by atoms with Crippen molar-refractivity contribution in [2.45, 2.75) is 26.3 Å². The zero-order valence-electron chi connectivity index (χ0n) is 15.0. The summed E-state index contributed by atoms with van der Waals surface area (Å²) >= 11 is 3.57. The quantitative estimate of drug-likeness (QED) is 0.813. The first-order chi connectivity index (χ1) is 12.0. The Bertz CT molecular complexity index is 750. The molecule has 25 heavy (non-hydrogen) atoms. The number of aromatic nitrogens is 2. The number of nitrogens with one attached hydrogen (secondary N) is 1. The lowest BCUT2D eigenvalue weighted by molar-refractivity contribution is 0.213. The molecule has 1 saturated heterocycles. The number of hydrogen-bond acceptors (Lipinski definition) is 6. The highest BCUT2D eigenvalue weighted by atomic mass is 79.9. The highest BCUT2D eigenvalue weighted by molar-refractivity contribution is 9.10. The first-order valence-electron chi connectivity index (χ1n) is 8.58. The van der Waals surface area contributed by atoms with Crippen molar-refractivity contribution in [2.24, 2.45) is 0 Å². The Labute approximate surface area is 157 Å². The van der Waals surface area contributed by atoms with Crippen LogP contribution in [0.5, 0.6) is 0 Å². The van der Waals surface area contributed by atoms with E-state index in [0.29, 0.717) is 17.5 Å². The monoisotopic (exact) mass is 404 g/mol. The smallest absolute Gasteiger partial charge is 0.157 e. The van der Waals surface area contributed by atoms with Crippen LogP contribution in [0.3, 0.4) is 0 Å². The zero-order valence-corrected chi connectivity index (χ0v) is 16.5. The van der Waals surface area contributed by atoms with E-state index in [1.807, 2.05) is 6.92 Å². The van der Waals surface area contributed by atoms with Crippen molar-refractivity contribution in [1.82, 2.24) is 14.9 Å². The Morgan fingerprint density at radius 3 is 2.88 bits per heavy atom. The minimum atomic E-state index is 0.566. The van der Waals surface area contributed by atoms with Gasteiger partial charge in [0.2, 0.25) is 0 Å². The molecule has 0 spiro atoms. The van der Waals surface area contributed by atoms with Crippen molar-refractivity contribution in [2.75, 3.05) is 42.6 Å². The van der Waals surface area contributed by atoms with E-state index < -0.39 is 0 Å². The van der Waals surface area contributed by atoms with Crippen molar-refractivity contribution >= 4 is 38.8 Å². The van der Waals surface area contributed by atoms with E-state index >= 15 is 0 Å². The molecule has 0 amide bonds. The Kier molecular flexibility index (Phi) is 5.44. The Morgan fingerprint density at radius 2 is 2.12 bits per heavy atom. The van der Waals surface area contributed by atoms with Crippen LogP contribution in [0.4, 0.5) is 22.9 Å². The molecule has 0 bridgehead atoms. The number of benzene rings is 1. The lowest BCUT2D eigenvalue weighted by Gasteiger charge is -2.41. The Hall–Kier alpha value is -1.86. The molecule has 1 atom stereocenters. The summed E-state index contributed by atoms with van der Waals surface area (Å²) in [5.74, 6) is 0.646. The van der Waals surface area contributed by atoms with E-state index in [1.165, 1.54) is 12.0 Å². The molecule has 0 radical (unpaired) electrons. The highest BCUT2D eigenvalue weighted by Crippen LogP contribution is 2.34. The molecule has 1 aliphatic heterocycles. The normalized spacial score (nSPS) is 18.4. The van der Waals surface area contributed by atoms with Crippen LogP contribution in [0.1, 0.15) is 19.0 Å². The molecule has 3 N–H and O–H groups in total. The maximum atomic E-state index is 6.14. The molecule has 2 aromatic rings. The van der Waals surface area contributed by atoms with E-state index in [0.717, 1.165) is 41.9 Å². The summed E-state index contributed by atoms with van der Waals surface area (Å²) in [5, 5.41) is 3.40. The third-order valence-electron chi connectivity index (χ3n) is 4.88. The van der Waals surface area contributed by atoms with E-state index in [4.69, 9.17) is 5.73 Å². The number of aryl methyl sites for hydroxylation is 1. The number of likely N-dealkylation sites (N-methyl/N-ethyl adjacent to an activating group) is 1. The minimum absolute atomic E-state index is 0.566. The Balaban J connectivity index is 1.92. The van der Waals surface area contributed by atoms with Crippen LogP contribution < -0.4 is 16.0 Å². The predicted molar refractivity (Wildman–Crippen MR) is 108 cm³/mol. The SMILES string of the molecule is CCC1CN(c2ccc(Br)cc2Nc2ncnc(C)c2N)CCN1C. The first kappa shape index (κ1) is 17.9. The summed E-state index contributed by atoms with van der Waals surface area (Å²) in [6.45, 7) is 7.21. The van der Waals surface area contributed by atoms with Gasteiger partial charge < -0.3 is 16.0 Å². The minimum Gasteiger partial charge on any atom is -0.394 e. The largest absolute Gasteiger partial charge is 0.394 e. The summed E-state index contributed by atoms with van der Waals surface area (Å²) in [4.78, 5) is 13.3. The summed E-state index contributed by atoms with van der Waals surface area (Å²) in [6.07, 6.45) is 2.68. The van der Waals surface area contributed by atoms with Gasteiger partial charge in [0.25, 0.3) is 0 Å². The second-order valence-corrected chi connectivity index (χ2v) is 7.41. The lowest BCUT2D eigenvalue weighted by Crippen LogP contribution is -2.51. The number of anilines is 4. The highest BCUT2D eigenvalue weighted by Gasteiger charge is 2.24. The van der Waals surface area contributed by atoms with Crippen molar-refractivity contribution < 1.29 is 0 Å². The van der Waals surface area contributed by atoms with E-state index in [2.05, 4.69) is 73.2 Å². The molecule has 3 rings (SSSR count). The molecule has 2 heterocycles. The molecular weight excluding hydrogens is 380 g/mol. The Morgan fingerprint density at radius 1 is 1.32 bits per heavy atom. The summed E-state index contributed by atoms with van der Waals surface area (Å²) in [7, 11) is 2.20. The van der Waals surface area contributed by atoms with Crippen LogP contribution in [-0.2, 0) is 0 Å². The predicted octanol–water partition coefficient (Wildman–Crippen LogP) is 3.40. The third-order valence-corrected chi connectivity index (χ3v) is 5.38. The van der Waals surface area contributed by atoms with E-state index in [1.54, 1.807) is 0 Å². The van der Waals surface area contributed by atoms with E-state index in [9.17, 15) is 0 Å². The topological polar surface area (TPSA) is 70.3 Å². The number of nitrogens with zero attached hydrogens (tertiary/aromatic N) is 4. The summed E-state index contributed by atoms with van der Waals surface area (Å²) < 4.78 is 1.02. The molecule has 1 aromatic carbocycles. The lowest BCUT2D eigenvalue weighted by atomic mass is 10.1. The second kappa shape index (κ2) is 7.58. The van der Waals surface area contributed by atoms with Gasteiger partial charge >= 0.3 is 0 Å². The van der Waals surface area contributed by atoms with Crippen molar-refractivity contribution in [1.29, 1.82) is 0 Å². The van der Waals surface area contributed by atoms with E-state index in [-0.39, 0.29) is 0 Å².